The van der Waals surface area contributed by atoms with Crippen molar-refractivity contribution in [1.82, 2.24) is 9.62 Å². The van der Waals surface area contributed by atoms with E-state index in [1.54, 1.807) is 12.1 Å². The Morgan fingerprint density at radius 1 is 1.43 bits per heavy atom. The highest BCUT2D eigenvalue weighted by Gasteiger charge is 2.25. The van der Waals surface area contributed by atoms with Crippen LogP contribution in [0.2, 0.25) is 0 Å². The molecule has 122 valence electrons. The summed E-state index contributed by atoms with van der Waals surface area (Å²) in [5, 5.41) is 10.3. The van der Waals surface area contributed by atoms with E-state index >= 15 is 0 Å². The minimum Gasteiger partial charge on any atom is -0.460 e. The van der Waals surface area contributed by atoms with Gasteiger partial charge in [0.05, 0.1) is 23.8 Å². The zero-order chi connectivity index (χ0) is 17.0. The lowest BCUT2D eigenvalue weighted by atomic mass is 10.3. The molecule has 2 rings (SSSR count). The second-order valence-corrected chi connectivity index (χ2v) is 7.66. The van der Waals surface area contributed by atoms with E-state index in [0.29, 0.717) is 11.5 Å². The van der Waals surface area contributed by atoms with Crippen LogP contribution in [-0.4, -0.2) is 36.7 Å². The van der Waals surface area contributed by atoms with E-state index in [-0.39, 0.29) is 24.4 Å². The van der Waals surface area contributed by atoms with E-state index in [9.17, 15) is 18.0 Å². The molecule has 1 fully saturated rings. The number of nitrogens with one attached hydrogen (secondary N) is 1. The van der Waals surface area contributed by atoms with Crippen molar-refractivity contribution < 1.29 is 22.4 Å². The van der Waals surface area contributed by atoms with Crippen molar-refractivity contribution in [3.8, 4) is 6.07 Å². The predicted molar refractivity (Wildman–Crippen MR) is 83.3 cm³/mol. The van der Waals surface area contributed by atoms with Crippen molar-refractivity contribution in [2.75, 3.05) is 12.8 Å². The molecule has 1 aliphatic rings. The van der Waals surface area contributed by atoms with Crippen molar-refractivity contribution in [3.63, 3.8) is 0 Å². The van der Waals surface area contributed by atoms with Gasteiger partial charge in [0.25, 0.3) is 11.1 Å². The first-order chi connectivity index (χ1) is 10.8. The molecule has 0 aliphatic carbocycles. The number of nitrogens with zero attached hydrogens (tertiary/aromatic N) is 2. The molecule has 23 heavy (non-hydrogen) atoms. The Balaban J connectivity index is 2.12. The van der Waals surface area contributed by atoms with Crippen molar-refractivity contribution >= 4 is 39.0 Å². The molecule has 1 saturated heterocycles. The van der Waals surface area contributed by atoms with Crippen molar-refractivity contribution in [2.24, 2.45) is 0 Å². The fourth-order valence-corrected chi connectivity index (χ4v) is 3.26. The number of imide groups is 1. The standard InChI is InChI=1S/C13H13N3O5S2/c1-23(19,20)16(6-2-5-14)8-10-4-3-9(21-10)7-11-12(17)15-13(18)22-11/h3-4,7H,2,6,8H2,1H3,(H,15,17,18)/b11-7-. The molecule has 0 bridgehead atoms. The third kappa shape index (κ3) is 4.69. The summed E-state index contributed by atoms with van der Waals surface area (Å²) >= 11 is 0.766. The Labute approximate surface area is 137 Å². The summed E-state index contributed by atoms with van der Waals surface area (Å²) in [5.41, 5.74) is 0. The number of thioether (sulfide) groups is 1. The number of hydrogen-bond acceptors (Lipinski definition) is 7. The molecule has 1 aliphatic heterocycles. The first-order valence-electron chi connectivity index (χ1n) is 6.45. The van der Waals surface area contributed by atoms with E-state index in [0.717, 1.165) is 22.3 Å². The Kier molecular flexibility index (Phi) is 5.25. The van der Waals surface area contributed by atoms with Crippen LogP contribution in [-0.2, 0) is 21.4 Å². The Morgan fingerprint density at radius 2 is 2.17 bits per heavy atom. The molecule has 0 spiro atoms. The molecule has 10 heteroatoms. The van der Waals surface area contributed by atoms with Crippen LogP contribution in [0.25, 0.3) is 6.08 Å². The van der Waals surface area contributed by atoms with E-state index in [4.69, 9.17) is 9.68 Å². The van der Waals surface area contributed by atoms with Gasteiger partial charge in [-0.3, -0.25) is 14.9 Å². The van der Waals surface area contributed by atoms with Gasteiger partial charge in [-0.15, -0.1) is 0 Å². The van der Waals surface area contributed by atoms with Gasteiger partial charge < -0.3 is 4.42 Å². The molecule has 0 aromatic carbocycles. The molecule has 1 aromatic heterocycles. The van der Waals surface area contributed by atoms with Gasteiger partial charge in [-0.2, -0.15) is 9.57 Å². The third-order valence-corrected chi connectivity index (χ3v) is 4.93. The largest absolute Gasteiger partial charge is 0.460 e. The maximum Gasteiger partial charge on any atom is 0.290 e. The Morgan fingerprint density at radius 3 is 2.74 bits per heavy atom. The van der Waals surface area contributed by atoms with Crippen LogP contribution in [0.4, 0.5) is 4.79 Å². The van der Waals surface area contributed by atoms with Crippen LogP contribution in [0.1, 0.15) is 17.9 Å². The number of hydrogen-bond donors (Lipinski definition) is 1. The van der Waals surface area contributed by atoms with Gasteiger partial charge in [0.2, 0.25) is 10.0 Å². The van der Waals surface area contributed by atoms with Gasteiger partial charge in [-0.25, -0.2) is 8.42 Å². The minimum atomic E-state index is -3.47. The fraction of sp³-hybridized carbons (Fsp3) is 0.308. The maximum atomic E-state index is 11.7. The highest BCUT2D eigenvalue weighted by Crippen LogP contribution is 2.26. The van der Waals surface area contributed by atoms with E-state index in [2.05, 4.69) is 5.32 Å². The lowest BCUT2D eigenvalue weighted by molar-refractivity contribution is -0.115. The van der Waals surface area contributed by atoms with Crippen LogP contribution in [0.5, 0.6) is 0 Å². The molecule has 0 unspecified atom stereocenters. The molecular formula is C13H13N3O5S2. The molecule has 2 amide bonds. The lowest BCUT2D eigenvalue weighted by Gasteiger charge is -2.16. The van der Waals surface area contributed by atoms with Crippen LogP contribution < -0.4 is 5.32 Å². The van der Waals surface area contributed by atoms with Crippen molar-refractivity contribution in [2.45, 2.75) is 13.0 Å². The number of carbonyl (C=O) groups excluding carboxylic acids is 2. The highest BCUT2D eigenvalue weighted by atomic mass is 32.2. The summed E-state index contributed by atoms with van der Waals surface area (Å²) in [7, 11) is -3.47. The molecular weight excluding hydrogens is 342 g/mol. The second kappa shape index (κ2) is 6.99. The summed E-state index contributed by atoms with van der Waals surface area (Å²) in [5.74, 6) is 0.209. The Bertz CT molecular complexity index is 804. The van der Waals surface area contributed by atoms with Gasteiger partial charge in [0.15, 0.2) is 0 Å². The number of furan rings is 1. The first kappa shape index (κ1) is 17.3. The Hall–Kier alpha value is -2.09. The highest BCUT2D eigenvalue weighted by molar-refractivity contribution is 8.18. The number of rotatable bonds is 6. The number of nitriles is 1. The molecule has 0 saturated carbocycles. The van der Waals surface area contributed by atoms with Gasteiger partial charge in [-0.1, -0.05) is 0 Å². The molecule has 2 heterocycles. The SMILES string of the molecule is CS(=O)(=O)N(CCC#N)Cc1ccc(/C=C2\SC(=O)NC2=O)o1. The van der Waals surface area contributed by atoms with Crippen molar-refractivity contribution in [1.29, 1.82) is 5.26 Å². The predicted octanol–water partition coefficient (Wildman–Crippen LogP) is 1.28. The summed E-state index contributed by atoms with van der Waals surface area (Å²) in [4.78, 5) is 22.7. The molecule has 0 atom stereocenters. The fourth-order valence-electron chi connectivity index (χ4n) is 1.82. The van der Waals surface area contributed by atoms with E-state index in [1.807, 2.05) is 6.07 Å². The normalized spacial score (nSPS) is 16.8. The monoisotopic (exact) mass is 355 g/mol. The lowest BCUT2D eigenvalue weighted by Crippen LogP contribution is -2.30. The number of amides is 2. The smallest absolute Gasteiger partial charge is 0.290 e. The molecule has 1 aromatic rings. The summed E-state index contributed by atoms with van der Waals surface area (Å²) < 4.78 is 29.9. The van der Waals surface area contributed by atoms with Crippen LogP contribution in [0.3, 0.4) is 0 Å². The van der Waals surface area contributed by atoms with Crippen LogP contribution in [0.15, 0.2) is 21.5 Å². The second-order valence-electron chi connectivity index (χ2n) is 4.66. The van der Waals surface area contributed by atoms with E-state index < -0.39 is 21.2 Å². The number of carbonyl (C=O) groups is 2. The van der Waals surface area contributed by atoms with Crippen LogP contribution >= 0.6 is 11.8 Å². The summed E-state index contributed by atoms with van der Waals surface area (Å²) in [6, 6.07) is 5.05. The zero-order valence-electron chi connectivity index (χ0n) is 12.1. The number of sulfonamides is 1. The third-order valence-electron chi connectivity index (χ3n) is 2.87. The summed E-state index contributed by atoms with van der Waals surface area (Å²) in [6.07, 6.45) is 2.54. The molecule has 1 N–H and O–H groups in total. The maximum absolute atomic E-state index is 11.7. The minimum absolute atomic E-state index is 0.0119. The van der Waals surface area contributed by atoms with Gasteiger partial charge in [0.1, 0.15) is 11.5 Å². The van der Waals surface area contributed by atoms with Gasteiger partial charge >= 0.3 is 0 Å². The van der Waals surface area contributed by atoms with Gasteiger partial charge in [0, 0.05) is 19.0 Å². The quantitative estimate of drug-likeness (QED) is 0.763. The summed E-state index contributed by atoms with van der Waals surface area (Å²) in [6.45, 7) is 0.0567. The zero-order valence-corrected chi connectivity index (χ0v) is 13.7. The molecule has 8 nitrogen and oxygen atoms in total. The van der Waals surface area contributed by atoms with Crippen LogP contribution in [0, 0.1) is 11.3 Å². The first-order valence-corrected chi connectivity index (χ1v) is 9.11. The van der Waals surface area contributed by atoms with E-state index in [1.165, 1.54) is 6.08 Å². The average molecular weight is 355 g/mol. The average Bonchev–Trinajstić information content (AvgIpc) is 3.00. The van der Waals surface area contributed by atoms with Gasteiger partial charge in [-0.05, 0) is 23.9 Å². The topological polar surface area (TPSA) is 120 Å². The van der Waals surface area contributed by atoms with Crippen molar-refractivity contribution in [3.05, 3.63) is 28.6 Å². The molecule has 0 radical (unpaired) electrons.